The van der Waals surface area contributed by atoms with Crippen LogP contribution in [-0.4, -0.2) is 33.0 Å². The molecule has 0 spiro atoms. The Labute approximate surface area is 204 Å². The number of hydrogen-bond acceptors (Lipinski definition) is 5. The Morgan fingerprint density at radius 2 is 1.76 bits per heavy atom. The van der Waals surface area contributed by atoms with Gasteiger partial charge >= 0.3 is 0 Å². The first-order valence-electron chi connectivity index (χ1n) is 13.0. The van der Waals surface area contributed by atoms with Crippen molar-refractivity contribution in [1.82, 2.24) is 14.6 Å². The molecule has 34 heavy (non-hydrogen) atoms. The molecule has 1 aromatic carbocycles. The van der Waals surface area contributed by atoms with Gasteiger partial charge in [0.05, 0.1) is 11.2 Å². The van der Waals surface area contributed by atoms with E-state index in [0.29, 0.717) is 12.5 Å². The third-order valence-electron chi connectivity index (χ3n) is 6.48. The number of fused-ring (bicyclic) bond motifs is 1. The first-order chi connectivity index (χ1) is 16.6. The zero-order valence-electron chi connectivity index (χ0n) is 20.9. The summed E-state index contributed by atoms with van der Waals surface area (Å²) < 4.78 is 2.00. The number of hydrogen-bond donors (Lipinski definition) is 2. The number of Topliss-reactive ketones (excluding diaryl/α,β-unsaturated/α-hetero) is 1. The van der Waals surface area contributed by atoms with E-state index in [-0.39, 0.29) is 5.78 Å². The van der Waals surface area contributed by atoms with Gasteiger partial charge in [-0.2, -0.15) is 0 Å². The van der Waals surface area contributed by atoms with Gasteiger partial charge in [-0.3, -0.25) is 4.79 Å². The van der Waals surface area contributed by atoms with Crippen molar-refractivity contribution < 1.29 is 4.79 Å². The molecule has 6 heteroatoms. The smallest absolute Gasteiger partial charge is 0.162 e. The highest BCUT2D eigenvalue weighted by Gasteiger charge is 2.10. The summed E-state index contributed by atoms with van der Waals surface area (Å²) in [7, 11) is 0. The van der Waals surface area contributed by atoms with Crippen LogP contribution < -0.4 is 11.1 Å². The van der Waals surface area contributed by atoms with Crippen LogP contribution in [0.15, 0.2) is 42.5 Å². The Bertz CT molecular complexity index is 1010. The molecular weight excluding hydrogens is 422 g/mol. The summed E-state index contributed by atoms with van der Waals surface area (Å²) >= 11 is 0. The van der Waals surface area contributed by atoms with Crippen LogP contribution in [0.5, 0.6) is 0 Å². The highest BCUT2D eigenvalue weighted by Crippen LogP contribution is 2.17. The van der Waals surface area contributed by atoms with E-state index in [1.165, 1.54) is 12.8 Å². The van der Waals surface area contributed by atoms with Crippen LogP contribution in [-0.2, 0) is 6.42 Å². The van der Waals surface area contributed by atoms with Crippen molar-refractivity contribution >= 4 is 17.1 Å². The lowest BCUT2D eigenvalue weighted by Crippen LogP contribution is -2.18. The number of imidazole rings is 1. The Kier molecular flexibility index (Phi) is 10.5. The van der Waals surface area contributed by atoms with Gasteiger partial charge in [0.25, 0.3) is 0 Å². The summed E-state index contributed by atoms with van der Waals surface area (Å²) in [4.78, 5) is 17.0. The van der Waals surface area contributed by atoms with Gasteiger partial charge in [0.15, 0.2) is 5.78 Å². The molecule has 0 amide bonds. The quantitative estimate of drug-likeness (QED) is 0.197. The lowest BCUT2D eigenvalue weighted by molar-refractivity contribution is 0.0979. The Hall–Kier alpha value is -2.73. The van der Waals surface area contributed by atoms with Crippen LogP contribution in [0.25, 0.3) is 5.52 Å². The lowest BCUT2D eigenvalue weighted by atomic mass is 10.0. The van der Waals surface area contributed by atoms with Gasteiger partial charge in [-0.1, -0.05) is 62.9 Å². The average molecular weight is 464 g/mol. The largest absolute Gasteiger partial charge is 0.369 e. The molecule has 3 rings (SSSR count). The second-order valence-electron chi connectivity index (χ2n) is 9.28. The maximum Gasteiger partial charge on any atom is 0.162 e. The van der Waals surface area contributed by atoms with Crippen molar-refractivity contribution in [3.63, 3.8) is 0 Å². The maximum absolute atomic E-state index is 12.2. The molecule has 184 valence electrons. The predicted molar refractivity (Wildman–Crippen MR) is 141 cm³/mol. The van der Waals surface area contributed by atoms with Crippen molar-refractivity contribution in [1.29, 1.82) is 0 Å². The lowest BCUT2D eigenvalue weighted by Gasteiger charge is -2.09. The molecule has 6 nitrogen and oxygen atoms in total. The van der Waals surface area contributed by atoms with Crippen LogP contribution in [0.3, 0.4) is 0 Å². The molecule has 0 saturated heterocycles. The van der Waals surface area contributed by atoms with E-state index in [0.717, 1.165) is 86.3 Å². The number of aromatic nitrogens is 3. The van der Waals surface area contributed by atoms with Crippen molar-refractivity contribution in [3.8, 4) is 0 Å². The molecule has 2 heterocycles. The summed E-state index contributed by atoms with van der Waals surface area (Å²) in [6.45, 7) is 5.11. The second-order valence-corrected chi connectivity index (χ2v) is 9.28. The molecule has 3 N–H and O–H groups in total. The number of ketones is 1. The number of benzene rings is 1. The van der Waals surface area contributed by atoms with Crippen LogP contribution in [0.2, 0.25) is 0 Å². The molecule has 3 aromatic rings. The Balaban J connectivity index is 1.40. The molecule has 1 atom stereocenters. The zero-order chi connectivity index (χ0) is 24.2. The van der Waals surface area contributed by atoms with E-state index in [4.69, 9.17) is 15.8 Å². The fourth-order valence-corrected chi connectivity index (χ4v) is 4.27. The number of carbonyl (C=O) groups excluding carboxylic acids is 1. The normalized spacial score (nSPS) is 12.2. The number of nitrogens with two attached hydrogens (primary N) is 1. The Morgan fingerprint density at radius 1 is 1.00 bits per heavy atom. The van der Waals surface area contributed by atoms with E-state index < -0.39 is 0 Å². The van der Waals surface area contributed by atoms with Crippen molar-refractivity contribution in [2.75, 3.05) is 11.9 Å². The highest BCUT2D eigenvalue weighted by molar-refractivity contribution is 5.95. The number of rotatable bonds is 16. The van der Waals surface area contributed by atoms with Gasteiger partial charge in [0.2, 0.25) is 0 Å². The fraction of sp³-hybridized carbons (Fsp3) is 0.536. The van der Waals surface area contributed by atoms with E-state index in [2.05, 4.69) is 18.3 Å². The minimum Gasteiger partial charge on any atom is -0.369 e. The number of aryl methyl sites for hydroxylation is 2. The first-order valence-corrected chi connectivity index (χ1v) is 13.0. The SMILES string of the molecule is CCC(N)CCCCCNc1ccc2c(C)nc(CCCCCCC(=O)c3ccccc3)n2n1. The average Bonchev–Trinajstić information content (AvgIpc) is 3.18. The van der Waals surface area contributed by atoms with Crippen LogP contribution in [0.1, 0.15) is 93.0 Å². The molecule has 0 saturated carbocycles. The minimum absolute atomic E-state index is 0.240. The Morgan fingerprint density at radius 3 is 2.56 bits per heavy atom. The standard InChI is InChI=1S/C28H41N5O/c1-3-24(29)16-10-7-13-21-30-27-20-19-25-22(2)31-28(33(25)32-27)18-12-5-4-11-17-26(34)23-14-8-6-9-15-23/h6,8-9,14-15,19-20,24H,3-5,7,10-13,16-18,21,29H2,1-2H3,(H,30,32). The zero-order valence-corrected chi connectivity index (χ0v) is 20.9. The van der Waals surface area contributed by atoms with Crippen molar-refractivity contribution in [2.45, 2.75) is 90.5 Å². The number of anilines is 1. The van der Waals surface area contributed by atoms with Crippen LogP contribution >= 0.6 is 0 Å². The summed E-state index contributed by atoms with van der Waals surface area (Å²) in [5.74, 6) is 2.16. The molecular formula is C28H41N5O. The fourth-order valence-electron chi connectivity index (χ4n) is 4.27. The van der Waals surface area contributed by atoms with Gasteiger partial charge in [-0.05, 0) is 51.2 Å². The topological polar surface area (TPSA) is 85.3 Å². The minimum atomic E-state index is 0.240. The molecule has 0 bridgehead atoms. The van der Waals surface area contributed by atoms with E-state index in [1.807, 2.05) is 47.8 Å². The monoisotopic (exact) mass is 463 g/mol. The van der Waals surface area contributed by atoms with Gasteiger partial charge < -0.3 is 11.1 Å². The number of nitrogens with zero attached hydrogens (tertiary/aromatic N) is 3. The molecule has 2 aromatic heterocycles. The van der Waals surface area contributed by atoms with Crippen molar-refractivity contribution in [2.24, 2.45) is 5.73 Å². The van der Waals surface area contributed by atoms with Gasteiger partial charge in [0, 0.05) is 31.0 Å². The molecule has 0 fully saturated rings. The van der Waals surface area contributed by atoms with Gasteiger partial charge in [-0.25, -0.2) is 9.50 Å². The summed E-state index contributed by atoms with van der Waals surface area (Å²) in [5.41, 5.74) is 8.90. The van der Waals surface area contributed by atoms with E-state index in [9.17, 15) is 4.79 Å². The van der Waals surface area contributed by atoms with Crippen molar-refractivity contribution in [3.05, 3.63) is 59.5 Å². The third kappa shape index (κ3) is 7.94. The molecule has 0 aliphatic rings. The molecule has 1 unspecified atom stereocenters. The maximum atomic E-state index is 12.2. The number of carbonyl (C=O) groups is 1. The van der Waals surface area contributed by atoms with Gasteiger partial charge in [-0.15, -0.1) is 5.10 Å². The third-order valence-corrected chi connectivity index (χ3v) is 6.48. The first kappa shape index (κ1) is 25.9. The molecule has 0 aliphatic carbocycles. The predicted octanol–water partition coefficient (Wildman–Crippen LogP) is 6.12. The number of unbranched alkanes of at least 4 members (excludes halogenated alkanes) is 5. The van der Waals surface area contributed by atoms with Gasteiger partial charge in [0.1, 0.15) is 11.6 Å². The summed E-state index contributed by atoms with van der Waals surface area (Å²) in [5, 5.41) is 8.27. The highest BCUT2D eigenvalue weighted by atomic mass is 16.1. The second kappa shape index (κ2) is 13.9. The molecule has 0 aliphatic heterocycles. The number of nitrogens with one attached hydrogen (secondary N) is 1. The summed E-state index contributed by atoms with van der Waals surface area (Å²) in [6, 6.07) is 14.1. The van der Waals surface area contributed by atoms with Crippen LogP contribution in [0.4, 0.5) is 5.82 Å². The van der Waals surface area contributed by atoms with E-state index in [1.54, 1.807) is 0 Å². The molecule has 0 radical (unpaired) electrons. The van der Waals surface area contributed by atoms with E-state index >= 15 is 0 Å². The van der Waals surface area contributed by atoms with Crippen LogP contribution in [0, 0.1) is 6.92 Å². The summed E-state index contributed by atoms with van der Waals surface area (Å²) in [6.07, 6.45) is 11.3.